The Morgan fingerprint density at radius 1 is 1.42 bits per heavy atom. The molecule has 26 heavy (non-hydrogen) atoms. The van der Waals surface area contributed by atoms with Crippen molar-refractivity contribution in [3.05, 3.63) is 24.8 Å². The highest BCUT2D eigenvalue weighted by Gasteiger charge is 2.66. The molecule has 7 atom stereocenters. The zero-order valence-electron chi connectivity index (χ0n) is 17.6. The first-order chi connectivity index (χ1) is 12.5. The van der Waals surface area contributed by atoms with Crippen LogP contribution >= 0.6 is 0 Å². The Bertz CT molecular complexity index is 659. The monoisotopic (exact) mass is 363 g/mol. The van der Waals surface area contributed by atoms with Gasteiger partial charge in [-0.2, -0.15) is 0 Å². The number of rotatable bonds is 4. The Labute approximate surface area is 159 Å². The molecule has 3 saturated carbocycles. The van der Waals surface area contributed by atoms with E-state index in [0.29, 0.717) is 12.8 Å². The van der Waals surface area contributed by atoms with Gasteiger partial charge in [-0.25, -0.2) is 0 Å². The van der Waals surface area contributed by atoms with Gasteiger partial charge in [0, 0.05) is 35.7 Å². The molecule has 0 aliphatic heterocycles. The minimum Gasteiger partial charge on any atom is -0.392 e. The third kappa shape index (κ3) is 2.49. The lowest BCUT2D eigenvalue weighted by Gasteiger charge is -2.60. The van der Waals surface area contributed by atoms with E-state index in [0.717, 1.165) is 18.4 Å². The van der Waals surface area contributed by atoms with E-state index in [9.17, 15) is 9.90 Å². The molecule has 0 aromatic carbocycles. The fourth-order valence-electron chi connectivity index (χ4n) is 6.05. The summed E-state index contributed by atoms with van der Waals surface area (Å²) < 4.78 is 20.3. The van der Waals surface area contributed by atoms with Crippen LogP contribution in [-0.4, -0.2) is 37.0 Å². The van der Waals surface area contributed by atoms with Crippen LogP contribution in [0, 0.1) is 28.1 Å². The summed E-state index contributed by atoms with van der Waals surface area (Å²) in [5.41, 5.74) is -1.05. The summed E-state index contributed by atoms with van der Waals surface area (Å²) in [6.45, 7) is 14.5. The number of ether oxygens (including phenoxy) is 2. The van der Waals surface area contributed by atoms with E-state index in [4.69, 9.17) is 10.8 Å². The van der Waals surface area contributed by atoms with E-state index in [1.807, 2.05) is 13.8 Å². The number of carbonyl (C=O) groups is 1. The lowest BCUT2D eigenvalue weighted by molar-refractivity contribution is -0.170. The topological polar surface area (TPSA) is 55.8 Å². The SMILES string of the molecule is [2H][C@@]1(O)C[C@@](C)(C=C)[C@@H](OCOC)C(=C)C23CCC(=O)C2[C@@]1(C)[C@H](C)CC3. The van der Waals surface area contributed by atoms with Crippen LogP contribution in [0.15, 0.2) is 24.8 Å². The van der Waals surface area contributed by atoms with Crippen molar-refractivity contribution in [2.75, 3.05) is 13.9 Å². The molecular formula is C22H34O4. The number of aliphatic hydroxyl groups is 1. The average molecular weight is 364 g/mol. The van der Waals surface area contributed by atoms with Crippen molar-refractivity contribution in [1.29, 1.82) is 0 Å². The molecule has 0 heterocycles. The Balaban J connectivity index is 2.24. The molecular weight excluding hydrogens is 328 g/mol. The predicted molar refractivity (Wildman–Crippen MR) is 101 cm³/mol. The van der Waals surface area contributed by atoms with Gasteiger partial charge in [0.25, 0.3) is 0 Å². The lowest BCUT2D eigenvalue weighted by atomic mass is 9.45. The average Bonchev–Trinajstić information content (AvgIpc) is 2.96. The molecule has 3 aliphatic carbocycles. The molecule has 1 N–H and O–H groups in total. The summed E-state index contributed by atoms with van der Waals surface area (Å²) in [6.07, 6.45) is 2.57. The number of hydrogen-bond acceptors (Lipinski definition) is 4. The van der Waals surface area contributed by atoms with Gasteiger partial charge in [0.2, 0.25) is 0 Å². The Kier molecular flexibility index (Phi) is 4.65. The molecule has 0 radical (unpaired) electrons. The highest BCUT2D eigenvalue weighted by molar-refractivity contribution is 5.86. The van der Waals surface area contributed by atoms with Crippen molar-refractivity contribution in [1.82, 2.24) is 0 Å². The van der Waals surface area contributed by atoms with E-state index in [1.54, 1.807) is 13.2 Å². The second kappa shape index (κ2) is 6.57. The van der Waals surface area contributed by atoms with Gasteiger partial charge in [-0.3, -0.25) is 4.79 Å². The second-order valence-electron chi connectivity index (χ2n) is 9.09. The standard InChI is InChI=1S/C22H34O4/c1-7-20(4)12-17(24)21(5)14(2)8-10-22(11-9-16(23)18(21)22)15(3)19(20)26-13-25-6/h7,14,17-19,24H,1,3,8-13H2,2,4-6H3/t14-,17-,18?,19+,20-,21+,22?/m1/s1/i17D. The van der Waals surface area contributed by atoms with Crippen molar-refractivity contribution in [3.63, 3.8) is 0 Å². The summed E-state index contributed by atoms with van der Waals surface area (Å²) in [4.78, 5) is 13.1. The summed E-state index contributed by atoms with van der Waals surface area (Å²) in [5, 5.41) is 11.5. The van der Waals surface area contributed by atoms with Gasteiger partial charge in [0.15, 0.2) is 0 Å². The van der Waals surface area contributed by atoms with Crippen LogP contribution in [-0.2, 0) is 14.3 Å². The molecule has 2 unspecified atom stereocenters. The van der Waals surface area contributed by atoms with E-state index >= 15 is 0 Å². The first-order valence-electron chi connectivity index (χ1n) is 10.2. The maximum absolute atomic E-state index is 13.1. The predicted octanol–water partition coefficient (Wildman–Crippen LogP) is 3.89. The van der Waals surface area contributed by atoms with Gasteiger partial charge in [0.05, 0.1) is 13.6 Å². The fraction of sp³-hybridized carbons (Fsp3) is 0.773. The summed E-state index contributed by atoms with van der Waals surface area (Å²) in [5.74, 6) is -0.172. The van der Waals surface area contributed by atoms with Crippen molar-refractivity contribution in [2.24, 2.45) is 28.1 Å². The van der Waals surface area contributed by atoms with Gasteiger partial charge < -0.3 is 14.6 Å². The van der Waals surface area contributed by atoms with Crippen LogP contribution in [0.2, 0.25) is 0 Å². The third-order valence-electron chi connectivity index (χ3n) is 7.88. The number of Topliss-reactive ketones (excluding diaryl/α,β-unsaturated/α-hetero) is 1. The highest BCUT2D eigenvalue weighted by Crippen LogP contribution is 2.67. The molecule has 0 saturated heterocycles. The number of ketones is 1. The van der Waals surface area contributed by atoms with E-state index in [-0.39, 0.29) is 24.9 Å². The molecule has 0 aromatic rings. The molecule has 146 valence electrons. The van der Waals surface area contributed by atoms with Crippen molar-refractivity contribution >= 4 is 5.78 Å². The lowest BCUT2D eigenvalue weighted by Crippen LogP contribution is -2.60. The molecule has 4 heteroatoms. The zero-order valence-corrected chi connectivity index (χ0v) is 16.6. The number of methoxy groups -OCH3 is 1. The Morgan fingerprint density at radius 2 is 2.12 bits per heavy atom. The maximum atomic E-state index is 13.1. The molecule has 3 rings (SSSR count). The third-order valence-corrected chi connectivity index (χ3v) is 7.88. The molecule has 0 spiro atoms. The van der Waals surface area contributed by atoms with Crippen molar-refractivity contribution in [3.8, 4) is 0 Å². The summed E-state index contributed by atoms with van der Waals surface area (Å²) in [6, 6.07) is 0. The van der Waals surface area contributed by atoms with Crippen LogP contribution in [0.25, 0.3) is 0 Å². The quantitative estimate of drug-likeness (QED) is 0.608. The summed E-state index contributed by atoms with van der Waals surface area (Å²) in [7, 11) is 1.57. The molecule has 0 amide bonds. The van der Waals surface area contributed by atoms with Crippen LogP contribution < -0.4 is 0 Å². The Morgan fingerprint density at radius 3 is 2.73 bits per heavy atom. The second-order valence-corrected chi connectivity index (χ2v) is 9.09. The van der Waals surface area contributed by atoms with Crippen LogP contribution in [0.4, 0.5) is 0 Å². The number of carbonyl (C=O) groups excluding carboxylic acids is 1. The minimum absolute atomic E-state index is 0.0680. The smallest absolute Gasteiger partial charge is 0.147 e. The van der Waals surface area contributed by atoms with Crippen molar-refractivity contribution < 1.29 is 20.7 Å². The molecule has 2 bridgehead atoms. The van der Waals surface area contributed by atoms with Crippen LogP contribution in [0.3, 0.4) is 0 Å². The molecule has 3 fully saturated rings. The minimum atomic E-state index is -1.78. The molecule has 4 nitrogen and oxygen atoms in total. The fourth-order valence-corrected chi connectivity index (χ4v) is 6.05. The Hall–Kier alpha value is -0.970. The van der Waals surface area contributed by atoms with Crippen LogP contribution in [0.1, 0.15) is 54.2 Å². The maximum Gasteiger partial charge on any atom is 0.147 e. The zero-order chi connectivity index (χ0) is 20.3. The molecule has 0 aromatic heterocycles. The van der Waals surface area contributed by atoms with E-state index in [2.05, 4.69) is 20.1 Å². The van der Waals surface area contributed by atoms with Gasteiger partial charge in [-0.05, 0) is 37.2 Å². The van der Waals surface area contributed by atoms with Gasteiger partial charge >= 0.3 is 0 Å². The van der Waals surface area contributed by atoms with Crippen molar-refractivity contribution in [2.45, 2.75) is 65.1 Å². The highest BCUT2D eigenvalue weighted by atomic mass is 16.7. The largest absolute Gasteiger partial charge is 0.392 e. The van der Waals surface area contributed by atoms with Gasteiger partial charge in [-0.1, -0.05) is 33.4 Å². The molecule has 3 aliphatic rings. The van der Waals surface area contributed by atoms with Crippen LogP contribution in [0.5, 0.6) is 0 Å². The van der Waals surface area contributed by atoms with Gasteiger partial charge in [0.1, 0.15) is 12.6 Å². The first-order valence-corrected chi connectivity index (χ1v) is 9.68. The van der Waals surface area contributed by atoms with E-state index < -0.39 is 34.3 Å². The van der Waals surface area contributed by atoms with Gasteiger partial charge in [-0.15, -0.1) is 6.58 Å². The number of hydrogen-bond donors (Lipinski definition) is 1. The van der Waals surface area contributed by atoms with E-state index in [1.165, 1.54) is 0 Å². The first kappa shape index (κ1) is 18.4. The summed E-state index contributed by atoms with van der Waals surface area (Å²) >= 11 is 0. The normalized spacial score (nSPS) is 52.0.